The molecule has 3 aromatic rings. The molecule has 0 aliphatic heterocycles. The zero-order chi connectivity index (χ0) is 32.5. The zero-order valence-corrected chi connectivity index (χ0v) is 25.3. The van der Waals surface area contributed by atoms with Crippen LogP contribution in [0.15, 0.2) is 59.9 Å². The molecule has 1 aromatic heterocycles. The lowest BCUT2D eigenvalue weighted by Gasteiger charge is -2.41. The molecule has 0 saturated heterocycles. The molecule has 1 heterocycles. The highest BCUT2D eigenvalue weighted by atomic mass is 35.5. The van der Waals surface area contributed by atoms with E-state index in [0.717, 1.165) is 24.5 Å². The Hall–Kier alpha value is -3.53. The first-order valence-corrected chi connectivity index (χ1v) is 15.2. The molecule has 16 heteroatoms. The fraction of sp³-hybridized carbons (Fsp3) is 0.393. The second kappa shape index (κ2) is 15.5. The van der Waals surface area contributed by atoms with Gasteiger partial charge in [-0.1, -0.05) is 29.8 Å². The van der Waals surface area contributed by atoms with Crippen molar-refractivity contribution in [1.29, 1.82) is 0 Å². The molecule has 0 amide bonds. The van der Waals surface area contributed by atoms with Crippen molar-refractivity contribution in [3.63, 3.8) is 0 Å². The van der Waals surface area contributed by atoms with Crippen LogP contribution in [0.25, 0.3) is 0 Å². The smallest absolute Gasteiger partial charge is 0.416 e. The van der Waals surface area contributed by atoms with Gasteiger partial charge in [-0.05, 0) is 63.0 Å². The first kappa shape index (κ1) is 35.0. The van der Waals surface area contributed by atoms with Gasteiger partial charge in [0.15, 0.2) is 0 Å². The molecular weight excluding hydrogens is 630 g/mol. The van der Waals surface area contributed by atoms with Gasteiger partial charge in [0, 0.05) is 31.4 Å². The Bertz CT molecular complexity index is 1500. The van der Waals surface area contributed by atoms with Crippen molar-refractivity contribution in [2.45, 2.75) is 48.4 Å². The molecule has 0 unspecified atom stereocenters. The fourth-order valence-corrected chi connectivity index (χ4v) is 6.33. The van der Waals surface area contributed by atoms with Gasteiger partial charge in [0.05, 0.1) is 10.6 Å². The Kier molecular flexibility index (Phi) is 12.3. The van der Waals surface area contributed by atoms with Gasteiger partial charge >= 0.3 is 6.18 Å². The second-order valence-electron chi connectivity index (χ2n) is 9.96. The van der Waals surface area contributed by atoms with E-state index in [0.29, 0.717) is 37.9 Å². The average Bonchev–Trinajstić information content (AvgIpc) is 2.98. The Labute approximate surface area is 257 Å². The minimum atomic E-state index is -4.44. The van der Waals surface area contributed by atoms with Gasteiger partial charge in [0.1, 0.15) is 34.7 Å². The number of halogens is 5. The van der Waals surface area contributed by atoms with Crippen LogP contribution in [0.5, 0.6) is 5.75 Å². The molecule has 10 nitrogen and oxygen atoms in total. The number of hydrogen-bond acceptors (Lipinski definition) is 8. The summed E-state index contributed by atoms with van der Waals surface area (Å²) in [4.78, 5) is 17.2. The topological polar surface area (TPSA) is 134 Å². The van der Waals surface area contributed by atoms with Crippen molar-refractivity contribution >= 4 is 33.9 Å². The Morgan fingerprint density at radius 3 is 2.57 bits per heavy atom. The van der Waals surface area contributed by atoms with E-state index >= 15 is 4.39 Å². The van der Waals surface area contributed by atoms with Crippen LogP contribution in [0.2, 0.25) is 5.02 Å². The molecule has 0 bridgehead atoms. The van der Waals surface area contributed by atoms with E-state index in [1.165, 1.54) is 24.4 Å². The molecule has 4 rings (SSSR count). The van der Waals surface area contributed by atoms with Crippen LogP contribution in [-0.2, 0) is 21.0 Å². The molecular formula is C28H32ClF4N5O5S. The van der Waals surface area contributed by atoms with Gasteiger partial charge in [0.2, 0.25) is 0 Å². The van der Waals surface area contributed by atoms with Crippen molar-refractivity contribution < 1.29 is 40.6 Å². The minimum absolute atomic E-state index is 0.0281. The highest BCUT2D eigenvalue weighted by molar-refractivity contribution is 7.92. The number of rotatable bonds is 10. The zero-order valence-electron chi connectivity index (χ0n) is 23.8. The van der Waals surface area contributed by atoms with Crippen LogP contribution in [0.1, 0.15) is 36.3 Å². The van der Waals surface area contributed by atoms with E-state index in [1.807, 2.05) is 14.1 Å². The lowest BCUT2D eigenvalue weighted by atomic mass is 9.79. The van der Waals surface area contributed by atoms with Gasteiger partial charge < -0.3 is 15.2 Å². The minimum Gasteiger partial charge on any atom is -0.487 e. The maximum Gasteiger partial charge on any atom is 0.416 e. The van der Waals surface area contributed by atoms with E-state index in [4.69, 9.17) is 26.2 Å². The third-order valence-electron chi connectivity index (χ3n) is 7.10. The lowest BCUT2D eigenvalue weighted by Crippen LogP contribution is -2.49. The number of aromatic nitrogens is 2. The molecule has 2 aromatic carbocycles. The maximum atomic E-state index is 15.1. The van der Waals surface area contributed by atoms with E-state index in [-0.39, 0.29) is 35.0 Å². The van der Waals surface area contributed by atoms with Gasteiger partial charge in [-0.2, -0.15) is 13.2 Å². The predicted octanol–water partition coefficient (Wildman–Crippen LogP) is 5.02. The lowest BCUT2D eigenvalue weighted by molar-refractivity contribution is -0.137. The first-order valence-electron chi connectivity index (χ1n) is 13.3. The third-order valence-corrected chi connectivity index (χ3v) is 8.76. The highest BCUT2D eigenvalue weighted by Crippen LogP contribution is 2.40. The quantitative estimate of drug-likeness (QED) is 0.202. The number of sulfonamides is 1. The van der Waals surface area contributed by atoms with Gasteiger partial charge in [-0.15, -0.1) is 0 Å². The molecule has 44 heavy (non-hydrogen) atoms. The predicted molar refractivity (Wildman–Crippen MR) is 156 cm³/mol. The SMILES string of the molecule is CNCCN(C)[C@H]1C[C@@H](c2cccc(C(F)(F)F)c2)CC[C@@H]1Oc1cc(F)c(S(=O)(=O)Nc2ccncn2)cc1Cl.O=CO. The fourth-order valence-electron chi connectivity index (χ4n) is 4.96. The molecule has 1 aliphatic carbocycles. The summed E-state index contributed by atoms with van der Waals surface area (Å²) in [7, 11) is -0.650. The summed E-state index contributed by atoms with van der Waals surface area (Å²) in [5.74, 6) is -1.28. The van der Waals surface area contributed by atoms with E-state index in [1.54, 1.807) is 6.07 Å². The summed E-state index contributed by atoms with van der Waals surface area (Å²) >= 11 is 6.39. The van der Waals surface area contributed by atoms with Crippen LogP contribution in [0.3, 0.4) is 0 Å². The van der Waals surface area contributed by atoms with Crippen molar-refractivity contribution in [3.8, 4) is 5.75 Å². The highest BCUT2D eigenvalue weighted by Gasteiger charge is 2.37. The monoisotopic (exact) mass is 661 g/mol. The van der Waals surface area contributed by atoms with Crippen molar-refractivity contribution in [2.24, 2.45) is 0 Å². The molecule has 0 spiro atoms. The second-order valence-corrected chi connectivity index (χ2v) is 12.0. The number of benzene rings is 2. The van der Waals surface area contributed by atoms with E-state index in [9.17, 15) is 21.6 Å². The third kappa shape index (κ3) is 9.24. The maximum absolute atomic E-state index is 15.1. The van der Waals surface area contributed by atoms with Crippen LogP contribution in [0.4, 0.5) is 23.4 Å². The summed E-state index contributed by atoms with van der Waals surface area (Å²) in [6, 6.07) is 8.35. The number of carboxylic acid groups (broad SMARTS) is 1. The molecule has 1 fully saturated rings. The summed E-state index contributed by atoms with van der Waals surface area (Å²) in [5.41, 5.74) is -0.0972. The summed E-state index contributed by atoms with van der Waals surface area (Å²) < 4.78 is 89.1. The summed E-state index contributed by atoms with van der Waals surface area (Å²) in [6.45, 7) is 1.04. The van der Waals surface area contributed by atoms with Crippen LogP contribution >= 0.6 is 11.6 Å². The molecule has 1 saturated carbocycles. The van der Waals surface area contributed by atoms with Gasteiger partial charge in [-0.3, -0.25) is 14.4 Å². The van der Waals surface area contributed by atoms with E-state index < -0.39 is 38.6 Å². The Morgan fingerprint density at radius 1 is 1.20 bits per heavy atom. The standard InChI is InChI=1S/C27H30ClF4N5O3S.CH2O2/c1-33-10-11-37(2)22-13-18(17-4-3-5-19(12-17)27(30,31)32)6-7-23(22)40-24-15-21(29)25(14-20(24)28)41(38,39)36-26-8-9-34-16-35-26;2-1-3/h3-5,8-9,12,14-16,18,22-23,33H,6-7,10-11,13H2,1-2H3,(H,34,35,36);1H,(H,2,3)/t18-,22-,23-;/m0./s1. The average molecular weight is 662 g/mol. The van der Waals surface area contributed by atoms with Gasteiger partial charge in [-0.25, -0.2) is 22.8 Å². The van der Waals surface area contributed by atoms with Crippen LogP contribution < -0.4 is 14.8 Å². The number of anilines is 1. The van der Waals surface area contributed by atoms with Crippen molar-refractivity contribution in [1.82, 2.24) is 20.2 Å². The van der Waals surface area contributed by atoms with Crippen LogP contribution in [-0.4, -0.2) is 74.2 Å². The number of carbonyl (C=O) groups is 1. The number of nitrogens with zero attached hydrogens (tertiary/aromatic N) is 3. The molecule has 3 atom stereocenters. The summed E-state index contributed by atoms with van der Waals surface area (Å²) in [6.07, 6.45) is -0.940. The normalized spacial score (nSPS) is 18.7. The first-order chi connectivity index (χ1) is 20.8. The molecule has 240 valence electrons. The number of hydrogen-bond donors (Lipinski definition) is 3. The number of likely N-dealkylation sites (N-methyl/N-ethyl adjacent to an activating group) is 2. The largest absolute Gasteiger partial charge is 0.487 e. The van der Waals surface area contributed by atoms with Crippen LogP contribution in [0, 0.1) is 5.82 Å². The molecule has 3 N–H and O–H groups in total. The van der Waals surface area contributed by atoms with Crippen molar-refractivity contribution in [2.75, 3.05) is 31.9 Å². The Balaban J connectivity index is 0.00000169. The molecule has 0 radical (unpaired) electrons. The number of ether oxygens (including phenoxy) is 1. The Morgan fingerprint density at radius 2 is 1.93 bits per heavy atom. The molecule has 1 aliphatic rings. The summed E-state index contributed by atoms with van der Waals surface area (Å²) in [5, 5.41) is 9.86. The van der Waals surface area contributed by atoms with E-state index in [2.05, 4.69) is 24.9 Å². The number of alkyl halides is 3. The number of nitrogens with one attached hydrogen (secondary N) is 2. The van der Waals surface area contributed by atoms with Gasteiger partial charge in [0.25, 0.3) is 16.5 Å². The van der Waals surface area contributed by atoms with Crippen molar-refractivity contribution in [3.05, 3.63) is 77.0 Å².